The normalized spacial score (nSPS) is 20.0. The standard InChI is InChI=1S/C21H22ClN3O3S3/c1-13-8-14(2)11-25(10-13)31(27,28)16-5-3-4-15(9-16)20(26)24-21-23-17(12-29-21)18-6-7-19(22)30-18/h3-7,9,12-14H,8,10-11H2,1-2H3,(H,23,24,26). The zero-order valence-corrected chi connectivity index (χ0v) is 20.2. The largest absolute Gasteiger partial charge is 0.298 e. The number of thiazole rings is 1. The number of sulfonamides is 1. The molecule has 0 radical (unpaired) electrons. The fraction of sp³-hybridized carbons (Fsp3) is 0.333. The van der Waals surface area contributed by atoms with Crippen molar-refractivity contribution >= 4 is 55.3 Å². The van der Waals surface area contributed by atoms with Crippen LogP contribution in [0.4, 0.5) is 5.13 Å². The summed E-state index contributed by atoms with van der Waals surface area (Å²) in [6.45, 7) is 5.12. The average Bonchev–Trinajstić information content (AvgIpc) is 3.36. The van der Waals surface area contributed by atoms with E-state index < -0.39 is 15.9 Å². The van der Waals surface area contributed by atoms with Gasteiger partial charge in [0.25, 0.3) is 5.91 Å². The molecule has 1 saturated heterocycles. The highest BCUT2D eigenvalue weighted by Gasteiger charge is 2.32. The number of amides is 1. The third kappa shape index (κ3) is 5.01. The number of rotatable bonds is 5. The molecule has 3 aromatic rings. The van der Waals surface area contributed by atoms with Crippen molar-refractivity contribution in [2.24, 2.45) is 11.8 Å². The summed E-state index contributed by atoms with van der Waals surface area (Å²) in [6, 6.07) is 9.85. The first-order valence-corrected chi connectivity index (χ1v) is 13.4. The van der Waals surface area contributed by atoms with Gasteiger partial charge in [-0.15, -0.1) is 22.7 Å². The van der Waals surface area contributed by atoms with E-state index in [4.69, 9.17) is 11.6 Å². The molecule has 10 heteroatoms. The number of aromatic nitrogens is 1. The highest BCUT2D eigenvalue weighted by molar-refractivity contribution is 7.89. The third-order valence-corrected chi connectivity index (χ3v) is 8.96. The lowest BCUT2D eigenvalue weighted by Gasteiger charge is -2.34. The molecule has 1 aromatic carbocycles. The maximum Gasteiger partial charge on any atom is 0.257 e. The van der Waals surface area contributed by atoms with E-state index in [1.807, 2.05) is 11.4 Å². The number of nitrogens with one attached hydrogen (secondary N) is 1. The van der Waals surface area contributed by atoms with Crippen molar-refractivity contribution in [3.8, 4) is 10.6 Å². The molecule has 1 N–H and O–H groups in total. The molecule has 2 aromatic heterocycles. The average molecular weight is 496 g/mol. The molecule has 0 bridgehead atoms. The van der Waals surface area contributed by atoms with Gasteiger partial charge in [0.05, 0.1) is 19.8 Å². The number of carbonyl (C=O) groups excluding carboxylic acids is 1. The van der Waals surface area contributed by atoms with Gasteiger partial charge in [-0.05, 0) is 48.6 Å². The second-order valence-electron chi connectivity index (χ2n) is 7.89. The van der Waals surface area contributed by atoms with E-state index in [0.29, 0.717) is 34.4 Å². The van der Waals surface area contributed by atoms with Gasteiger partial charge in [-0.3, -0.25) is 10.1 Å². The van der Waals surface area contributed by atoms with E-state index in [-0.39, 0.29) is 10.5 Å². The number of anilines is 1. The molecule has 1 aliphatic heterocycles. The van der Waals surface area contributed by atoms with Crippen molar-refractivity contribution in [3.05, 3.63) is 51.7 Å². The number of benzene rings is 1. The zero-order chi connectivity index (χ0) is 22.2. The van der Waals surface area contributed by atoms with Crippen LogP contribution in [-0.4, -0.2) is 36.7 Å². The predicted octanol–water partition coefficient (Wildman–Crippen LogP) is 5.44. The Morgan fingerprint density at radius 2 is 1.94 bits per heavy atom. The fourth-order valence-corrected chi connectivity index (χ4v) is 7.32. The van der Waals surface area contributed by atoms with Gasteiger partial charge in [-0.1, -0.05) is 31.5 Å². The van der Waals surface area contributed by atoms with E-state index in [1.165, 1.54) is 39.1 Å². The summed E-state index contributed by atoms with van der Waals surface area (Å²) in [5.41, 5.74) is 1.01. The molecule has 2 atom stereocenters. The van der Waals surface area contributed by atoms with Crippen molar-refractivity contribution in [3.63, 3.8) is 0 Å². The Morgan fingerprint density at radius 1 is 1.19 bits per heavy atom. The van der Waals surface area contributed by atoms with E-state index >= 15 is 0 Å². The molecule has 164 valence electrons. The Morgan fingerprint density at radius 3 is 2.61 bits per heavy atom. The summed E-state index contributed by atoms with van der Waals surface area (Å²) in [7, 11) is -3.66. The van der Waals surface area contributed by atoms with Gasteiger partial charge in [-0.25, -0.2) is 13.4 Å². The Kier molecular flexibility index (Phi) is 6.50. The topological polar surface area (TPSA) is 79.4 Å². The molecule has 1 amide bonds. The van der Waals surface area contributed by atoms with Crippen LogP contribution in [0.1, 0.15) is 30.6 Å². The number of halogens is 1. The van der Waals surface area contributed by atoms with Crippen LogP contribution in [0.2, 0.25) is 4.34 Å². The predicted molar refractivity (Wildman–Crippen MR) is 127 cm³/mol. The van der Waals surface area contributed by atoms with Crippen molar-refractivity contribution in [1.29, 1.82) is 0 Å². The number of thiophene rings is 1. The summed E-state index contributed by atoms with van der Waals surface area (Å²) < 4.78 is 28.5. The monoisotopic (exact) mass is 495 g/mol. The molecule has 0 aliphatic carbocycles. The third-order valence-electron chi connectivity index (χ3n) is 5.12. The molecule has 1 aliphatic rings. The zero-order valence-electron chi connectivity index (χ0n) is 17.0. The Balaban J connectivity index is 1.51. The van der Waals surface area contributed by atoms with Crippen LogP contribution in [0.15, 0.2) is 46.7 Å². The summed E-state index contributed by atoms with van der Waals surface area (Å²) in [5, 5.41) is 5.04. The van der Waals surface area contributed by atoms with E-state index in [9.17, 15) is 13.2 Å². The number of nitrogens with zero attached hydrogens (tertiary/aromatic N) is 2. The minimum atomic E-state index is -3.66. The quantitative estimate of drug-likeness (QED) is 0.510. The SMILES string of the molecule is CC1CC(C)CN(S(=O)(=O)c2cccc(C(=O)Nc3nc(-c4ccc(Cl)s4)cs3)c2)C1. The molecule has 4 rings (SSSR count). The molecular weight excluding hydrogens is 474 g/mol. The highest BCUT2D eigenvalue weighted by atomic mass is 35.5. The lowest BCUT2D eigenvalue weighted by Crippen LogP contribution is -2.42. The number of hydrogen-bond acceptors (Lipinski definition) is 6. The van der Waals surface area contributed by atoms with Crippen LogP contribution in [0.25, 0.3) is 10.6 Å². The van der Waals surface area contributed by atoms with Crippen molar-refractivity contribution in [2.45, 2.75) is 25.2 Å². The van der Waals surface area contributed by atoms with Crippen molar-refractivity contribution in [1.82, 2.24) is 9.29 Å². The summed E-state index contributed by atoms with van der Waals surface area (Å²) >= 11 is 8.69. The van der Waals surface area contributed by atoms with Crippen LogP contribution in [-0.2, 0) is 10.0 Å². The van der Waals surface area contributed by atoms with Gasteiger partial charge in [0.2, 0.25) is 10.0 Å². The Bertz CT molecular complexity index is 1200. The smallest absolute Gasteiger partial charge is 0.257 e. The van der Waals surface area contributed by atoms with Crippen LogP contribution in [0, 0.1) is 11.8 Å². The number of carbonyl (C=O) groups is 1. The fourth-order valence-electron chi connectivity index (χ4n) is 3.81. The van der Waals surface area contributed by atoms with Gasteiger partial charge < -0.3 is 0 Å². The van der Waals surface area contributed by atoms with E-state index in [2.05, 4.69) is 24.1 Å². The first-order valence-electron chi connectivity index (χ1n) is 9.85. The Hall–Kier alpha value is -1.78. The molecule has 31 heavy (non-hydrogen) atoms. The van der Waals surface area contributed by atoms with Crippen LogP contribution in [0.5, 0.6) is 0 Å². The lowest BCUT2D eigenvalue weighted by molar-refractivity contribution is 0.102. The van der Waals surface area contributed by atoms with Gasteiger partial charge in [0.15, 0.2) is 5.13 Å². The summed E-state index contributed by atoms with van der Waals surface area (Å²) in [6.07, 6.45) is 1.02. The van der Waals surface area contributed by atoms with Gasteiger partial charge >= 0.3 is 0 Å². The molecule has 6 nitrogen and oxygen atoms in total. The lowest BCUT2D eigenvalue weighted by atomic mass is 9.94. The summed E-state index contributed by atoms with van der Waals surface area (Å²) in [5.74, 6) is 0.215. The first-order chi connectivity index (χ1) is 14.7. The maximum absolute atomic E-state index is 13.1. The second-order valence-corrected chi connectivity index (χ2v) is 12.4. The van der Waals surface area contributed by atoms with Crippen molar-refractivity contribution in [2.75, 3.05) is 18.4 Å². The number of hydrogen-bond donors (Lipinski definition) is 1. The van der Waals surface area contributed by atoms with Gasteiger partial charge in [-0.2, -0.15) is 4.31 Å². The molecule has 3 heterocycles. The molecular formula is C21H22ClN3O3S3. The molecule has 2 unspecified atom stereocenters. The van der Waals surface area contributed by atoms with Crippen LogP contribution in [0.3, 0.4) is 0 Å². The molecule has 1 fully saturated rings. The first kappa shape index (κ1) is 22.4. The maximum atomic E-state index is 13.1. The van der Waals surface area contributed by atoms with Gasteiger partial charge in [0.1, 0.15) is 0 Å². The molecule has 0 saturated carbocycles. The Labute approximate surface area is 194 Å². The minimum absolute atomic E-state index is 0.134. The van der Waals surface area contributed by atoms with Crippen molar-refractivity contribution < 1.29 is 13.2 Å². The van der Waals surface area contributed by atoms with E-state index in [1.54, 1.807) is 18.2 Å². The molecule has 0 spiro atoms. The summed E-state index contributed by atoms with van der Waals surface area (Å²) in [4.78, 5) is 18.2. The van der Waals surface area contributed by atoms with E-state index in [0.717, 1.165) is 17.0 Å². The highest BCUT2D eigenvalue weighted by Crippen LogP contribution is 2.33. The second kappa shape index (κ2) is 8.99. The van der Waals surface area contributed by atoms with Crippen LogP contribution < -0.4 is 5.32 Å². The minimum Gasteiger partial charge on any atom is -0.298 e. The van der Waals surface area contributed by atoms with Gasteiger partial charge in [0, 0.05) is 24.0 Å². The number of piperidine rings is 1. The van der Waals surface area contributed by atoms with Crippen LogP contribution >= 0.6 is 34.3 Å².